The van der Waals surface area contributed by atoms with E-state index in [4.69, 9.17) is 22.9 Å². The Balaban J connectivity index is 1.96. The molecule has 1 heterocycles. The molecule has 0 aromatic carbocycles. The van der Waals surface area contributed by atoms with Crippen LogP contribution in [0.2, 0.25) is 0 Å². The second kappa shape index (κ2) is 6.30. The van der Waals surface area contributed by atoms with Gasteiger partial charge in [0.2, 0.25) is 0 Å². The van der Waals surface area contributed by atoms with Crippen molar-refractivity contribution in [2.75, 3.05) is 11.9 Å². The Morgan fingerprint density at radius 2 is 1.90 bits per heavy atom. The van der Waals surface area contributed by atoms with Crippen molar-refractivity contribution in [2.45, 2.75) is 63.8 Å². The first-order chi connectivity index (χ1) is 10.2. The van der Waals surface area contributed by atoms with E-state index >= 15 is 0 Å². The molecular weight excluding hydrogens is 278 g/mol. The molecule has 3 nitrogen and oxygen atoms in total. The summed E-state index contributed by atoms with van der Waals surface area (Å²) in [6.45, 7) is 0. The monoisotopic (exact) mass is 303 g/mol. The zero-order valence-corrected chi connectivity index (χ0v) is 13.7. The Bertz CT molecular complexity index is 535. The summed E-state index contributed by atoms with van der Waals surface area (Å²) in [5.41, 5.74) is 9.57. The van der Waals surface area contributed by atoms with Crippen molar-refractivity contribution in [2.24, 2.45) is 5.73 Å². The Morgan fingerprint density at radius 1 is 1.19 bits per heavy atom. The number of nitrogens with zero attached hydrogens (tertiary/aromatic N) is 2. The van der Waals surface area contributed by atoms with Crippen LogP contribution in [0.1, 0.15) is 61.8 Å². The summed E-state index contributed by atoms with van der Waals surface area (Å²) in [7, 11) is 2.16. The first kappa shape index (κ1) is 14.8. The lowest BCUT2D eigenvalue weighted by Crippen LogP contribution is -2.36. The second-order valence-electron chi connectivity index (χ2n) is 6.44. The molecule has 2 N–H and O–H groups in total. The minimum Gasteiger partial charge on any atom is -0.389 e. The summed E-state index contributed by atoms with van der Waals surface area (Å²) in [4.78, 5) is 7.78. The molecule has 0 bridgehead atoms. The second-order valence-corrected chi connectivity index (χ2v) is 6.88. The molecule has 114 valence electrons. The molecule has 0 saturated heterocycles. The summed E-state index contributed by atoms with van der Waals surface area (Å²) in [5, 5.41) is 0. The largest absolute Gasteiger partial charge is 0.389 e. The number of rotatable bonds is 3. The minimum atomic E-state index is 0.480. The molecule has 0 aliphatic heterocycles. The van der Waals surface area contributed by atoms with Crippen LogP contribution >= 0.6 is 12.2 Å². The van der Waals surface area contributed by atoms with Crippen LogP contribution in [0.5, 0.6) is 0 Å². The lowest BCUT2D eigenvalue weighted by atomic mass is 9.92. The Labute approximate surface area is 132 Å². The highest BCUT2D eigenvalue weighted by molar-refractivity contribution is 7.80. The molecule has 0 radical (unpaired) electrons. The molecule has 1 saturated carbocycles. The molecule has 0 atom stereocenters. The van der Waals surface area contributed by atoms with Gasteiger partial charge in [0.15, 0.2) is 0 Å². The van der Waals surface area contributed by atoms with Gasteiger partial charge in [-0.15, -0.1) is 0 Å². The van der Waals surface area contributed by atoms with Crippen LogP contribution < -0.4 is 10.6 Å². The number of pyridine rings is 1. The lowest BCUT2D eigenvalue weighted by molar-refractivity contribution is 0.425. The highest BCUT2D eigenvalue weighted by Crippen LogP contribution is 2.30. The average molecular weight is 303 g/mol. The predicted octanol–water partition coefficient (Wildman–Crippen LogP) is 3.36. The molecule has 21 heavy (non-hydrogen) atoms. The van der Waals surface area contributed by atoms with E-state index in [-0.39, 0.29) is 0 Å². The van der Waals surface area contributed by atoms with Crippen molar-refractivity contribution >= 4 is 23.0 Å². The Hall–Kier alpha value is -1.16. The number of hydrogen-bond acceptors (Lipinski definition) is 3. The molecule has 2 aliphatic rings. The van der Waals surface area contributed by atoms with Gasteiger partial charge in [-0.05, 0) is 50.2 Å². The van der Waals surface area contributed by atoms with E-state index in [0.29, 0.717) is 11.0 Å². The number of fused-ring (bicyclic) bond motifs is 1. The first-order valence-electron chi connectivity index (χ1n) is 8.22. The third-order valence-corrected chi connectivity index (χ3v) is 5.22. The van der Waals surface area contributed by atoms with E-state index in [1.54, 1.807) is 0 Å². The number of nitrogens with two attached hydrogens (primary N) is 1. The fraction of sp³-hybridized carbons (Fsp3) is 0.647. The number of anilines is 1. The van der Waals surface area contributed by atoms with Crippen molar-refractivity contribution in [1.82, 2.24) is 4.98 Å². The average Bonchev–Trinajstić information content (AvgIpc) is 2.53. The van der Waals surface area contributed by atoms with Gasteiger partial charge in [0.05, 0.1) is 5.56 Å². The van der Waals surface area contributed by atoms with Crippen molar-refractivity contribution in [3.05, 3.63) is 22.9 Å². The van der Waals surface area contributed by atoms with E-state index in [2.05, 4.69) is 18.0 Å². The summed E-state index contributed by atoms with van der Waals surface area (Å²) in [6.07, 6.45) is 11.2. The van der Waals surface area contributed by atoms with Crippen molar-refractivity contribution < 1.29 is 0 Å². The van der Waals surface area contributed by atoms with Gasteiger partial charge in [-0.25, -0.2) is 4.98 Å². The van der Waals surface area contributed by atoms with Crippen LogP contribution in [0.3, 0.4) is 0 Å². The Kier molecular flexibility index (Phi) is 4.43. The fourth-order valence-electron chi connectivity index (χ4n) is 3.71. The Morgan fingerprint density at radius 3 is 2.62 bits per heavy atom. The van der Waals surface area contributed by atoms with Gasteiger partial charge in [0.25, 0.3) is 0 Å². The molecule has 0 unspecified atom stereocenters. The van der Waals surface area contributed by atoms with Gasteiger partial charge < -0.3 is 10.6 Å². The predicted molar refractivity (Wildman–Crippen MR) is 92.0 cm³/mol. The summed E-state index contributed by atoms with van der Waals surface area (Å²) < 4.78 is 0. The van der Waals surface area contributed by atoms with Crippen LogP contribution in [0, 0.1) is 0 Å². The van der Waals surface area contributed by atoms with Gasteiger partial charge in [0.1, 0.15) is 10.8 Å². The maximum absolute atomic E-state index is 5.98. The van der Waals surface area contributed by atoms with E-state index in [9.17, 15) is 0 Å². The summed E-state index contributed by atoms with van der Waals surface area (Å²) in [6, 6.07) is 2.79. The van der Waals surface area contributed by atoms with Crippen molar-refractivity contribution in [1.29, 1.82) is 0 Å². The van der Waals surface area contributed by atoms with Gasteiger partial charge in [-0.3, -0.25) is 0 Å². The normalized spacial score (nSPS) is 19.1. The fourth-order valence-corrected chi connectivity index (χ4v) is 3.86. The van der Waals surface area contributed by atoms with E-state index < -0.39 is 0 Å². The van der Waals surface area contributed by atoms with Gasteiger partial charge in [0, 0.05) is 18.8 Å². The van der Waals surface area contributed by atoms with Crippen LogP contribution in [0.4, 0.5) is 5.82 Å². The van der Waals surface area contributed by atoms with Crippen LogP contribution in [-0.4, -0.2) is 23.1 Å². The van der Waals surface area contributed by atoms with Gasteiger partial charge in [-0.2, -0.15) is 0 Å². The maximum Gasteiger partial charge on any atom is 0.139 e. The highest BCUT2D eigenvalue weighted by atomic mass is 32.1. The van der Waals surface area contributed by atoms with Crippen LogP contribution in [0.25, 0.3) is 0 Å². The van der Waals surface area contributed by atoms with E-state index in [1.807, 2.05) is 0 Å². The molecule has 1 fully saturated rings. The zero-order valence-electron chi connectivity index (χ0n) is 12.9. The van der Waals surface area contributed by atoms with Crippen molar-refractivity contribution in [3.8, 4) is 0 Å². The van der Waals surface area contributed by atoms with Crippen LogP contribution in [-0.2, 0) is 12.8 Å². The smallest absolute Gasteiger partial charge is 0.139 e. The SMILES string of the molecule is CN(c1nc2c(cc1C(N)=S)CCCC2)C1CCCCC1. The molecule has 1 aromatic rings. The van der Waals surface area contributed by atoms with Gasteiger partial charge in [-0.1, -0.05) is 31.5 Å². The molecule has 3 rings (SSSR count). The number of aryl methyl sites for hydroxylation is 2. The first-order valence-corrected chi connectivity index (χ1v) is 8.63. The molecule has 2 aliphatic carbocycles. The van der Waals surface area contributed by atoms with E-state index in [1.165, 1.54) is 56.2 Å². The standard InChI is InChI=1S/C17H25N3S/c1-20(13-8-3-2-4-9-13)17-14(16(18)21)11-12-7-5-6-10-15(12)19-17/h11,13H,2-10H2,1H3,(H2,18,21). The van der Waals surface area contributed by atoms with Crippen LogP contribution in [0.15, 0.2) is 6.07 Å². The summed E-state index contributed by atoms with van der Waals surface area (Å²) in [5.74, 6) is 1.01. The van der Waals surface area contributed by atoms with E-state index in [0.717, 1.165) is 24.2 Å². The topological polar surface area (TPSA) is 42.2 Å². The molecule has 1 aromatic heterocycles. The number of aromatic nitrogens is 1. The van der Waals surface area contributed by atoms with Gasteiger partial charge >= 0.3 is 0 Å². The van der Waals surface area contributed by atoms with Crippen molar-refractivity contribution in [3.63, 3.8) is 0 Å². The number of hydrogen-bond donors (Lipinski definition) is 1. The third kappa shape index (κ3) is 3.05. The summed E-state index contributed by atoms with van der Waals surface area (Å²) >= 11 is 5.29. The molecule has 0 spiro atoms. The number of thiocarbonyl (C=S) groups is 1. The third-order valence-electron chi connectivity index (χ3n) is 5.00. The quantitative estimate of drug-likeness (QED) is 0.869. The zero-order chi connectivity index (χ0) is 14.8. The minimum absolute atomic E-state index is 0.480. The molecule has 0 amide bonds. The maximum atomic E-state index is 5.98. The molecular formula is C17H25N3S. The lowest BCUT2D eigenvalue weighted by Gasteiger charge is -2.34. The molecule has 4 heteroatoms. The highest BCUT2D eigenvalue weighted by Gasteiger charge is 2.24.